The van der Waals surface area contributed by atoms with Gasteiger partial charge in [0.2, 0.25) is 0 Å². The molecule has 180 valence electrons. The van der Waals surface area contributed by atoms with Crippen molar-refractivity contribution in [1.82, 2.24) is 0 Å². The van der Waals surface area contributed by atoms with Crippen molar-refractivity contribution in [3.8, 4) is 0 Å². The largest absolute Gasteiger partial charge is 0.355 e. The molecule has 0 spiro atoms. The van der Waals surface area contributed by atoms with Gasteiger partial charge < -0.3 is 11.1 Å². The maximum Gasteiger partial charge on any atom is 0.0707 e. The van der Waals surface area contributed by atoms with Gasteiger partial charge in [0.15, 0.2) is 0 Å². The molecule has 0 radical (unpaired) electrons. The van der Waals surface area contributed by atoms with E-state index in [0.717, 1.165) is 17.8 Å². The minimum Gasteiger partial charge on any atom is -0.355 e. The molecule has 1 aliphatic rings. The van der Waals surface area contributed by atoms with Gasteiger partial charge in [-0.05, 0) is 80.1 Å². The fraction of sp³-hybridized carbons (Fsp3) is 0.235. The fourth-order valence-electron chi connectivity index (χ4n) is 5.75. The second-order valence-corrected chi connectivity index (χ2v) is 11.0. The molecule has 2 heteroatoms. The molecule has 1 atom stereocenters. The van der Waals surface area contributed by atoms with Crippen LogP contribution in [-0.2, 0) is 5.54 Å². The zero-order chi connectivity index (χ0) is 25.0. The maximum absolute atomic E-state index is 7.26. The molecule has 2 nitrogen and oxygen atoms in total. The van der Waals surface area contributed by atoms with Crippen LogP contribution in [0.1, 0.15) is 68.2 Å². The third-order valence-electron chi connectivity index (χ3n) is 8.02. The second kappa shape index (κ2) is 8.50. The van der Waals surface area contributed by atoms with Gasteiger partial charge in [0.25, 0.3) is 0 Å². The van der Waals surface area contributed by atoms with Gasteiger partial charge in [-0.3, -0.25) is 0 Å². The lowest BCUT2D eigenvalue weighted by atomic mass is 9.74. The number of nitrogens with two attached hydrogens (primary N) is 1. The molecule has 0 aromatic heterocycles. The Kier molecular flexibility index (Phi) is 5.39. The Balaban J connectivity index is 1.49. The highest BCUT2D eigenvalue weighted by atomic mass is 14.9. The Hall–Kier alpha value is -3.62. The fourth-order valence-corrected chi connectivity index (χ4v) is 5.75. The van der Waals surface area contributed by atoms with E-state index in [1.165, 1.54) is 49.0 Å². The Morgan fingerprint density at radius 2 is 1.33 bits per heavy atom. The molecule has 5 aromatic carbocycles. The molecule has 0 fully saturated rings. The highest BCUT2D eigenvalue weighted by molar-refractivity contribution is 6.16. The predicted molar refractivity (Wildman–Crippen MR) is 155 cm³/mol. The third-order valence-corrected chi connectivity index (χ3v) is 8.02. The van der Waals surface area contributed by atoms with E-state index in [0.29, 0.717) is 11.8 Å². The van der Waals surface area contributed by atoms with Crippen LogP contribution < -0.4 is 16.3 Å². The van der Waals surface area contributed by atoms with Crippen molar-refractivity contribution in [2.24, 2.45) is 5.73 Å². The Labute approximate surface area is 213 Å². The highest BCUT2D eigenvalue weighted by Crippen LogP contribution is 2.41. The van der Waals surface area contributed by atoms with Crippen LogP contribution in [0.25, 0.3) is 27.6 Å². The van der Waals surface area contributed by atoms with Crippen LogP contribution in [0.4, 0.5) is 11.4 Å². The minimum absolute atomic E-state index is 0.507. The minimum atomic E-state index is -0.541. The second-order valence-electron chi connectivity index (χ2n) is 11.0. The zero-order valence-corrected chi connectivity index (χ0v) is 21.6. The van der Waals surface area contributed by atoms with Gasteiger partial charge >= 0.3 is 0 Å². The lowest BCUT2D eigenvalue weighted by Gasteiger charge is -2.34. The lowest BCUT2D eigenvalue weighted by molar-refractivity contribution is 0.561. The molecular formula is C34H34N2. The van der Waals surface area contributed by atoms with Crippen LogP contribution in [0.2, 0.25) is 0 Å². The van der Waals surface area contributed by atoms with Gasteiger partial charge in [-0.2, -0.15) is 0 Å². The summed E-state index contributed by atoms with van der Waals surface area (Å²) in [5.41, 5.74) is 14.0. The van der Waals surface area contributed by atoms with Crippen molar-refractivity contribution in [3.05, 3.63) is 112 Å². The predicted octanol–water partition coefficient (Wildman–Crippen LogP) is 8.09. The van der Waals surface area contributed by atoms with Gasteiger partial charge in [-0.15, -0.1) is 0 Å². The van der Waals surface area contributed by atoms with Crippen molar-refractivity contribution in [2.75, 3.05) is 5.32 Å². The first-order valence-electron chi connectivity index (χ1n) is 13.1. The van der Waals surface area contributed by atoms with Crippen molar-refractivity contribution in [1.29, 1.82) is 0 Å². The van der Waals surface area contributed by atoms with Gasteiger partial charge in [-0.1, -0.05) is 101 Å². The molecule has 1 unspecified atom stereocenters. The van der Waals surface area contributed by atoms with E-state index in [2.05, 4.69) is 124 Å². The average Bonchev–Trinajstić information content (AvgIpc) is 2.89. The molecular weight excluding hydrogens is 436 g/mol. The van der Waals surface area contributed by atoms with E-state index in [1.54, 1.807) is 0 Å². The molecule has 0 bridgehead atoms. The summed E-state index contributed by atoms with van der Waals surface area (Å²) in [5.74, 6) is 1.03. The summed E-state index contributed by atoms with van der Waals surface area (Å²) >= 11 is 0. The number of rotatable bonds is 5. The van der Waals surface area contributed by atoms with E-state index < -0.39 is 5.54 Å². The first kappa shape index (κ1) is 22.8. The average molecular weight is 471 g/mol. The molecule has 0 saturated heterocycles. The Bertz CT molecular complexity index is 1630. The summed E-state index contributed by atoms with van der Waals surface area (Å²) in [6, 6.07) is 31.1. The van der Waals surface area contributed by atoms with Crippen molar-refractivity contribution < 1.29 is 0 Å². The monoisotopic (exact) mass is 470 g/mol. The first-order chi connectivity index (χ1) is 17.3. The van der Waals surface area contributed by atoms with E-state index in [4.69, 9.17) is 5.73 Å². The van der Waals surface area contributed by atoms with Crippen molar-refractivity contribution >= 4 is 39.0 Å². The molecule has 0 amide bonds. The first-order valence-corrected chi connectivity index (χ1v) is 13.1. The summed E-state index contributed by atoms with van der Waals surface area (Å²) in [5, 5.41) is 10.0. The zero-order valence-electron chi connectivity index (χ0n) is 21.6. The summed E-state index contributed by atoms with van der Waals surface area (Å²) in [6.07, 6.45) is 3.12. The number of nitrogens with one attached hydrogen (secondary N) is 1. The van der Waals surface area contributed by atoms with Crippen LogP contribution in [0.15, 0.2) is 84.9 Å². The maximum atomic E-state index is 7.26. The van der Waals surface area contributed by atoms with Crippen LogP contribution >= 0.6 is 0 Å². The van der Waals surface area contributed by atoms with Crippen LogP contribution in [0, 0.1) is 0 Å². The normalized spacial score (nSPS) is 17.2. The smallest absolute Gasteiger partial charge is 0.0707 e. The van der Waals surface area contributed by atoms with Crippen LogP contribution in [0.3, 0.4) is 0 Å². The number of benzene rings is 5. The van der Waals surface area contributed by atoms with Crippen LogP contribution in [-0.4, -0.2) is 0 Å². The highest BCUT2D eigenvalue weighted by Gasteiger charge is 2.33. The lowest BCUT2D eigenvalue weighted by Crippen LogP contribution is -2.40. The Morgan fingerprint density at radius 3 is 2.00 bits per heavy atom. The standard InChI is InChI=1S/C34H34N2/c1-21(2)23-5-12-27(13-6-23)34(35)20-19-26-9-16-29-31(36-28-14-7-24(8-15-28)22(3)4)18-11-25-10-17-30(34)33(26)32(25)29/h5-19,21-22,36H,20,35H2,1-4H3. The van der Waals surface area contributed by atoms with E-state index in [-0.39, 0.29) is 0 Å². The third kappa shape index (κ3) is 3.60. The quantitative estimate of drug-likeness (QED) is 0.272. The van der Waals surface area contributed by atoms with E-state index >= 15 is 0 Å². The van der Waals surface area contributed by atoms with Gasteiger partial charge in [0.1, 0.15) is 0 Å². The summed E-state index contributed by atoms with van der Waals surface area (Å²) < 4.78 is 0. The number of anilines is 2. The van der Waals surface area contributed by atoms with Gasteiger partial charge in [0.05, 0.1) is 5.54 Å². The topological polar surface area (TPSA) is 38.0 Å². The number of hydrogen-bond donors (Lipinski definition) is 2. The molecule has 5 aromatic rings. The van der Waals surface area contributed by atoms with Gasteiger partial charge in [0, 0.05) is 16.8 Å². The SMILES string of the molecule is CC(C)c1ccc(Nc2ccc3ccc4c5c(ccc2c35)=CCC4(N)c2ccc(C(C)C)cc2)cc1. The molecule has 1 aliphatic carbocycles. The summed E-state index contributed by atoms with van der Waals surface area (Å²) in [6.45, 7) is 8.92. The molecule has 0 aliphatic heterocycles. The number of hydrogen-bond acceptors (Lipinski definition) is 2. The van der Waals surface area contributed by atoms with E-state index in [9.17, 15) is 0 Å². The molecule has 0 heterocycles. The summed E-state index contributed by atoms with van der Waals surface area (Å²) in [7, 11) is 0. The van der Waals surface area contributed by atoms with Crippen molar-refractivity contribution in [2.45, 2.75) is 51.5 Å². The van der Waals surface area contributed by atoms with Crippen LogP contribution in [0.5, 0.6) is 0 Å². The molecule has 36 heavy (non-hydrogen) atoms. The van der Waals surface area contributed by atoms with E-state index in [1.807, 2.05) is 0 Å². The van der Waals surface area contributed by atoms with Crippen molar-refractivity contribution in [3.63, 3.8) is 0 Å². The van der Waals surface area contributed by atoms with Gasteiger partial charge in [-0.25, -0.2) is 0 Å². The molecule has 0 saturated carbocycles. The molecule has 3 N–H and O–H groups in total. The molecule has 6 rings (SSSR count). The summed E-state index contributed by atoms with van der Waals surface area (Å²) in [4.78, 5) is 0. The Morgan fingerprint density at radius 1 is 0.694 bits per heavy atom.